The van der Waals surface area contributed by atoms with Gasteiger partial charge in [0.1, 0.15) is 11.5 Å². The predicted octanol–water partition coefficient (Wildman–Crippen LogP) is 5.45. The number of carbonyl (C=O) groups excluding carboxylic acids is 2. The summed E-state index contributed by atoms with van der Waals surface area (Å²) in [5.41, 5.74) is 3.40. The summed E-state index contributed by atoms with van der Waals surface area (Å²) in [7, 11) is 3.96. The number of ether oxygens (including phenoxy) is 1. The van der Waals surface area contributed by atoms with Crippen molar-refractivity contribution in [1.82, 2.24) is 9.80 Å². The summed E-state index contributed by atoms with van der Waals surface area (Å²) in [6.07, 6.45) is 1.62. The molecule has 0 bridgehead atoms. The van der Waals surface area contributed by atoms with E-state index in [9.17, 15) is 14.7 Å². The number of aliphatic hydroxyl groups excluding tert-OH is 1. The van der Waals surface area contributed by atoms with Crippen molar-refractivity contribution in [2.45, 2.75) is 58.9 Å². The number of likely N-dealkylation sites (tertiary alicyclic amines) is 1. The average Bonchev–Trinajstić information content (AvgIpc) is 3.06. The van der Waals surface area contributed by atoms with Crippen molar-refractivity contribution < 1.29 is 19.4 Å². The minimum Gasteiger partial charge on any atom is -0.507 e. The molecule has 0 aromatic heterocycles. The van der Waals surface area contributed by atoms with Crippen LogP contribution in [-0.4, -0.2) is 60.4 Å². The normalized spacial score (nSPS) is 17.8. The van der Waals surface area contributed by atoms with E-state index in [2.05, 4.69) is 25.7 Å². The van der Waals surface area contributed by atoms with Crippen LogP contribution in [0.25, 0.3) is 5.76 Å². The third kappa shape index (κ3) is 5.98. The van der Waals surface area contributed by atoms with Gasteiger partial charge >= 0.3 is 0 Å². The van der Waals surface area contributed by atoms with Gasteiger partial charge < -0.3 is 19.6 Å². The van der Waals surface area contributed by atoms with Crippen molar-refractivity contribution in [3.63, 3.8) is 0 Å². The third-order valence-electron chi connectivity index (χ3n) is 6.56. The van der Waals surface area contributed by atoms with Gasteiger partial charge in [0, 0.05) is 12.1 Å². The van der Waals surface area contributed by atoms with E-state index in [1.807, 2.05) is 58.3 Å². The predicted molar refractivity (Wildman–Crippen MR) is 144 cm³/mol. The summed E-state index contributed by atoms with van der Waals surface area (Å²) in [5, 5.41) is 11.4. The van der Waals surface area contributed by atoms with Crippen LogP contribution in [0.2, 0.25) is 0 Å². The fourth-order valence-corrected chi connectivity index (χ4v) is 4.54. The minimum absolute atomic E-state index is 0.0231. The molecule has 36 heavy (non-hydrogen) atoms. The summed E-state index contributed by atoms with van der Waals surface area (Å²) in [4.78, 5) is 30.2. The van der Waals surface area contributed by atoms with E-state index in [0.717, 1.165) is 36.1 Å². The van der Waals surface area contributed by atoms with Gasteiger partial charge in [-0.15, -0.1) is 0 Å². The number of ketones is 1. The second-order valence-electron chi connectivity index (χ2n) is 10.8. The van der Waals surface area contributed by atoms with Gasteiger partial charge in [0.05, 0.1) is 18.2 Å². The summed E-state index contributed by atoms with van der Waals surface area (Å²) >= 11 is 0. The fourth-order valence-electron chi connectivity index (χ4n) is 4.54. The van der Waals surface area contributed by atoms with E-state index in [4.69, 9.17) is 4.74 Å². The van der Waals surface area contributed by atoms with Gasteiger partial charge in [-0.05, 0) is 80.7 Å². The smallest absolute Gasteiger partial charge is 0.295 e. The number of Topliss-reactive ketones (excluding diaryl/α,β-unsaturated/α-hetero) is 1. The minimum atomic E-state index is -0.645. The van der Waals surface area contributed by atoms with Crippen molar-refractivity contribution in [2.24, 2.45) is 0 Å². The summed E-state index contributed by atoms with van der Waals surface area (Å²) in [5.74, 6) is -0.647. The van der Waals surface area contributed by atoms with E-state index in [1.54, 1.807) is 17.0 Å². The van der Waals surface area contributed by atoms with Crippen molar-refractivity contribution in [3.8, 4) is 5.75 Å². The molecular formula is C30H40N2O4. The Labute approximate surface area is 215 Å². The van der Waals surface area contributed by atoms with Crippen molar-refractivity contribution in [3.05, 3.63) is 70.3 Å². The maximum absolute atomic E-state index is 13.3. The number of carbonyl (C=O) groups is 2. The second kappa shape index (κ2) is 11.3. The van der Waals surface area contributed by atoms with Crippen molar-refractivity contribution in [1.29, 1.82) is 0 Å². The molecule has 1 unspecified atom stereocenters. The maximum atomic E-state index is 13.3. The number of rotatable bonds is 9. The lowest BCUT2D eigenvalue weighted by molar-refractivity contribution is -0.139. The van der Waals surface area contributed by atoms with Crippen LogP contribution in [0.3, 0.4) is 0 Å². The van der Waals surface area contributed by atoms with Crippen LogP contribution >= 0.6 is 0 Å². The zero-order valence-corrected chi connectivity index (χ0v) is 22.7. The number of amides is 1. The Morgan fingerprint density at radius 1 is 1.08 bits per heavy atom. The number of benzene rings is 2. The quantitative estimate of drug-likeness (QED) is 0.286. The monoisotopic (exact) mass is 492 g/mol. The zero-order chi connectivity index (χ0) is 26.6. The number of nitrogens with zero attached hydrogens (tertiary/aromatic N) is 2. The molecule has 1 atom stereocenters. The Bertz CT molecular complexity index is 1130. The molecule has 2 aromatic rings. The molecule has 0 aliphatic carbocycles. The molecule has 194 valence electrons. The Balaban J connectivity index is 2.09. The Hall–Kier alpha value is -3.12. The number of hydrogen-bond acceptors (Lipinski definition) is 5. The largest absolute Gasteiger partial charge is 0.507 e. The molecule has 1 fully saturated rings. The summed E-state index contributed by atoms with van der Waals surface area (Å²) in [6, 6.07) is 12.8. The Morgan fingerprint density at radius 3 is 2.31 bits per heavy atom. The highest BCUT2D eigenvalue weighted by Gasteiger charge is 2.46. The van der Waals surface area contributed by atoms with Gasteiger partial charge in [0.2, 0.25) is 0 Å². The van der Waals surface area contributed by atoms with Gasteiger partial charge in [-0.1, -0.05) is 52.0 Å². The van der Waals surface area contributed by atoms with Crippen LogP contribution in [0.4, 0.5) is 0 Å². The highest BCUT2D eigenvalue weighted by atomic mass is 16.5. The molecule has 1 aliphatic rings. The van der Waals surface area contributed by atoms with E-state index >= 15 is 0 Å². The fraction of sp³-hybridized carbons (Fsp3) is 0.467. The van der Waals surface area contributed by atoms with Crippen LogP contribution in [0.15, 0.2) is 48.0 Å². The van der Waals surface area contributed by atoms with Gasteiger partial charge in [-0.2, -0.15) is 0 Å². The third-order valence-corrected chi connectivity index (χ3v) is 6.56. The molecule has 1 aliphatic heterocycles. The van der Waals surface area contributed by atoms with E-state index < -0.39 is 17.7 Å². The van der Waals surface area contributed by atoms with Crippen LogP contribution in [0.1, 0.15) is 68.8 Å². The van der Waals surface area contributed by atoms with Gasteiger partial charge in [-0.3, -0.25) is 9.59 Å². The Kier molecular flexibility index (Phi) is 8.62. The number of aryl methyl sites for hydroxylation is 1. The lowest BCUT2D eigenvalue weighted by atomic mass is 9.85. The first-order valence-electron chi connectivity index (χ1n) is 12.7. The molecule has 0 radical (unpaired) electrons. The van der Waals surface area contributed by atoms with Gasteiger partial charge in [-0.25, -0.2) is 0 Å². The molecule has 6 nitrogen and oxygen atoms in total. The number of aliphatic hydroxyl groups is 1. The SMILES string of the molecule is CCCOc1ccc(/C(O)=C2\C(=O)C(=O)N(CCCN(C)C)C2c2ccc(C(C)(C)C)cc2)c(C)c1. The van der Waals surface area contributed by atoms with Crippen molar-refractivity contribution in [2.75, 3.05) is 33.8 Å². The standard InChI is InChI=1S/C30H40N2O4/c1-8-18-36-23-14-15-24(20(2)19-23)27(33)25-26(21-10-12-22(13-11-21)30(3,4)5)32(29(35)28(25)34)17-9-16-31(6)7/h10-15,19,26,33H,8-9,16-18H2,1-7H3/b27-25+. The van der Waals surface area contributed by atoms with E-state index in [1.165, 1.54) is 0 Å². The molecular weight excluding hydrogens is 452 g/mol. The topological polar surface area (TPSA) is 70.1 Å². The van der Waals surface area contributed by atoms with E-state index in [-0.39, 0.29) is 16.7 Å². The average molecular weight is 493 g/mol. The molecule has 1 amide bonds. The molecule has 3 rings (SSSR count). The van der Waals surface area contributed by atoms with E-state index in [0.29, 0.717) is 24.5 Å². The molecule has 0 saturated carbocycles. The van der Waals surface area contributed by atoms with Crippen LogP contribution in [0, 0.1) is 6.92 Å². The highest BCUT2D eigenvalue weighted by molar-refractivity contribution is 6.46. The zero-order valence-electron chi connectivity index (χ0n) is 22.7. The lowest BCUT2D eigenvalue weighted by Gasteiger charge is -2.27. The molecule has 0 spiro atoms. The van der Waals surface area contributed by atoms with Crippen molar-refractivity contribution >= 4 is 17.4 Å². The second-order valence-corrected chi connectivity index (χ2v) is 10.8. The first-order chi connectivity index (χ1) is 17.0. The number of hydrogen-bond donors (Lipinski definition) is 1. The van der Waals surface area contributed by atoms with Gasteiger partial charge in [0.25, 0.3) is 11.7 Å². The van der Waals surface area contributed by atoms with Gasteiger partial charge in [0.15, 0.2) is 0 Å². The molecule has 1 saturated heterocycles. The van der Waals surface area contributed by atoms with Crippen LogP contribution < -0.4 is 4.74 Å². The molecule has 1 heterocycles. The van der Waals surface area contributed by atoms with Crippen LogP contribution in [0.5, 0.6) is 5.75 Å². The summed E-state index contributed by atoms with van der Waals surface area (Å²) in [6.45, 7) is 12.2. The maximum Gasteiger partial charge on any atom is 0.295 e. The highest BCUT2D eigenvalue weighted by Crippen LogP contribution is 2.40. The van der Waals surface area contributed by atoms with Crippen LogP contribution in [-0.2, 0) is 15.0 Å². The first-order valence-corrected chi connectivity index (χ1v) is 12.7. The summed E-state index contributed by atoms with van der Waals surface area (Å²) < 4.78 is 5.71. The first kappa shape index (κ1) is 27.5. The Morgan fingerprint density at radius 2 is 1.75 bits per heavy atom. The lowest BCUT2D eigenvalue weighted by Crippen LogP contribution is -2.32. The molecule has 6 heteroatoms. The molecule has 1 N–H and O–H groups in total. The molecule has 2 aromatic carbocycles.